The van der Waals surface area contributed by atoms with Gasteiger partial charge in [0.15, 0.2) is 0 Å². The molecule has 2 rings (SSSR count). The molecule has 1 aromatic heterocycles. The van der Waals surface area contributed by atoms with Gasteiger partial charge in [0.1, 0.15) is 12.1 Å². The normalized spacial score (nSPS) is 10.5. The third kappa shape index (κ3) is 2.22. The molecule has 4 nitrogen and oxygen atoms in total. The van der Waals surface area contributed by atoms with Crippen LogP contribution in [0, 0.1) is 0 Å². The van der Waals surface area contributed by atoms with Crippen LogP contribution in [-0.2, 0) is 0 Å². The summed E-state index contributed by atoms with van der Waals surface area (Å²) in [4.78, 5) is 8.41. The molecule has 0 unspecified atom stereocenters. The topological polar surface area (TPSA) is 63.8 Å². The lowest BCUT2D eigenvalue weighted by molar-refractivity contribution is 0.871. The molecule has 1 heterocycles. The standard InChI is InChI=1S/C11H14N4/c12-6-3-7-13-11-9-4-1-2-5-10(9)14-8-15-11/h1-2,4-5,8H,3,6-7,12H2,(H,13,14,15). The van der Waals surface area contributed by atoms with Crippen LogP contribution in [0.3, 0.4) is 0 Å². The van der Waals surface area contributed by atoms with Gasteiger partial charge in [0.25, 0.3) is 0 Å². The quantitative estimate of drug-likeness (QED) is 0.735. The lowest BCUT2D eigenvalue weighted by Crippen LogP contribution is -2.09. The fraction of sp³-hybridized carbons (Fsp3) is 0.273. The summed E-state index contributed by atoms with van der Waals surface area (Å²) in [6.07, 6.45) is 2.52. The van der Waals surface area contributed by atoms with Crippen LogP contribution in [0.1, 0.15) is 6.42 Å². The molecule has 0 saturated heterocycles. The minimum Gasteiger partial charge on any atom is -0.369 e. The Hall–Kier alpha value is -1.68. The maximum absolute atomic E-state index is 5.43. The molecule has 0 atom stereocenters. The molecule has 0 bridgehead atoms. The van der Waals surface area contributed by atoms with Crippen molar-refractivity contribution in [3.8, 4) is 0 Å². The molecule has 4 heteroatoms. The highest BCUT2D eigenvalue weighted by Crippen LogP contribution is 2.17. The number of anilines is 1. The number of rotatable bonds is 4. The highest BCUT2D eigenvalue weighted by Gasteiger charge is 2.00. The maximum atomic E-state index is 5.43. The van der Waals surface area contributed by atoms with Gasteiger partial charge in [-0.3, -0.25) is 0 Å². The number of benzene rings is 1. The summed E-state index contributed by atoms with van der Waals surface area (Å²) in [5.41, 5.74) is 6.39. The van der Waals surface area contributed by atoms with Crippen molar-refractivity contribution in [1.82, 2.24) is 9.97 Å². The molecule has 0 aliphatic carbocycles. The molecule has 15 heavy (non-hydrogen) atoms. The molecule has 1 aromatic carbocycles. The predicted octanol–water partition coefficient (Wildman–Crippen LogP) is 1.39. The van der Waals surface area contributed by atoms with Crippen molar-refractivity contribution in [3.63, 3.8) is 0 Å². The van der Waals surface area contributed by atoms with E-state index in [-0.39, 0.29) is 0 Å². The molecule has 3 N–H and O–H groups in total. The summed E-state index contributed by atoms with van der Waals surface area (Å²) < 4.78 is 0. The summed E-state index contributed by atoms with van der Waals surface area (Å²) in [6.45, 7) is 1.54. The molecule has 0 fully saturated rings. The first-order valence-electron chi connectivity index (χ1n) is 5.05. The highest BCUT2D eigenvalue weighted by atomic mass is 15.0. The Bertz CT molecular complexity index is 436. The van der Waals surface area contributed by atoms with E-state index in [1.807, 2.05) is 24.3 Å². The van der Waals surface area contributed by atoms with Crippen LogP contribution < -0.4 is 11.1 Å². The number of hydrogen-bond acceptors (Lipinski definition) is 4. The van der Waals surface area contributed by atoms with Crippen LogP contribution >= 0.6 is 0 Å². The molecular weight excluding hydrogens is 188 g/mol. The first-order valence-corrected chi connectivity index (χ1v) is 5.05. The Morgan fingerprint density at radius 3 is 2.93 bits per heavy atom. The van der Waals surface area contributed by atoms with Gasteiger partial charge in [-0.1, -0.05) is 12.1 Å². The van der Waals surface area contributed by atoms with E-state index in [4.69, 9.17) is 5.73 Å². The number of fused-ring (bicyclic) bond motifs is 1. The summed E-state index contributed by atoms with van der Waals surface area (Å²) >= 11 is 0. The first kappa shape index (κ1) is 9.86. The zero-order valence-corrected chi connectivity index (χ0v) is 8.48. The zero-order chi connectivity index (χ0) is 10.5. The van der Waals surface area contributed by atoms with Crippen molar-refractivity contribution in [2.75, 3.05) is 18.4 Å². The van der Waals surface area contributed by atoms with E-state index >= 15 is 0 Å². The van der Waals surface area contributed by atoms with Gasteiger partial charge in [0.2, 0.25) is 0 Å². The van der Waals surface area contributed by atoms with Crippen LogP contribution in [0.4, 0.5) is 5.82 Å². The Morgan fingerprint density at radius 2 is 2.07 bits per heavy atom. The molecule has 78 valence electrons. The summed E-state index contributed by atoms with van der Waals surface area (Å²) in [5.74, 6) is 0.883. The first-order chi connectivity index (χ1) is 7.42. The van der Waals surface area contributed by atoms with E-state index in [9.17, 15) is 0 Å². The van der Waals surface area contributed by atoms with E-state index < -0.39 is 0 Å². The van der Waals surface area contributed by atoms with Crippen molar-refractivity contribution < 1.29 is 0 Å². The largest absolute Gasteiger partial charge is 0.369 e. The van der Waals surface area contributed by atoms with Crippen LogP contribution in [0.5, 0.6) is 0 Å². The minimum atomic E-state index is 0.690. The monoisotopic (exact) mass is 202 g/mol. The SMILES string of the molecule is NCCCNc1ncnc2ccccc12. The molecule has 0 aliphatic rings. The molecule has 0 saturated carbocycles. The van der Waals surface area contributed by atoms with Crippen LogP contribution in [0.15, 0.2) is 30.6 Å². The smallest absolute Gasteiger partial charge is 0.137 e. The number of nitrogens with two attached hydrogens (primary N) is 1. The van der Waals surface area contributed by atoms with Crippen molar-refractivity contribution in [3.05, 3.63) is 30.6 Å². The molecule has 0 spiro atoms. The molecular formula is C11H14N4. The van der Waals surface area contributed by atoms with Gasteiger partial charge >= 0.3 is 0 Å². The van der Waals surface area contributed by atoms with Crippen molar-refractivity contribution in [2.24, 2.45) is 5.73 Å². The number of aromatic nitrogens is 2. The molecule has 0 aliphatic heterocycles. The van der Waals surface area contributed by atoms with E-state index in [2.05, 4.69) is 15.3 Å². The van der Waals surface area contributed by atoms with E-state index in [1.165, 1.54) is 0 Å². The van der Waals surface area contributed by atoms with Crippen molar-refractivity contribution in [1.29, 1.82) is 0 Å². The van der Waals surface area contributed by atoms with Crippen molar-refractivity contribution in [2.45, 2.75) is 6.42 Å². The lowest BCUT2D eigenvalue weighted by Gasteiger charge is -2.06. The van der Waals surface area contributed by atoms with Gasteiger partial charge in [-0.05, 0) is 25.1 Å². The fourth-order valence-electron chi connectivity index (χ4n) is 1.45. The van der Waals surface area contributed by atoms with Crippen molar-refractivity contribution >= 4 is 16.7 Å². The third-order valence-electron chi connectivity index (χ3n) is 2.22. The predicted molar refractivity (Wildman–Crippen MR) is 61.7 cm³/mol. The Morgan fingerprint density at radius 1 is 1.20 bits per heavy atom. The lowest BCUT2D eigenvalue weighted by atomic mass is 10.2. The zero-order valence-electron chi connectivity index (χ0n) is 8.48. The average Bonchev–Trinajstić information content (AvgIpc) is 2.30. The summed E-state index contributed by atoms with van der Waals surface area (Å²) in [5, 5.41) is 4.31. The molecule has 0 radical (unpaired) electrons. The van der Waals surface area contributed by atoms with Crippen LogP contribution in [-0.4, -0.2) is 23.1 Å². The second-order valence-electron chi connectivity index (χ2n) is 3.31. The number of nitrogens with one attached hydrogen (secondary N) is 1. The summed E-state index contributed by atoms with van der Waals surface area (Å²) in [6, 6.07) is 7.95. The molecule has 0 amide bonds. The second kappa shape index (κ2) is 4.70. The van der Waals surface area contributed by atoms with Gasteiger partial charge in [-0.25, -0.2) is 9.97 Å². The van der Waals surface area contributed by atoms with E-state index in [1.54, 1.807) is 6.33 Å². The average molecular weight is 202 g/mol. The van der Waals surface area contributed by atoms with Gasteiger partial charge in [-0.2, -0.15) is 0 Å². The third-order valence-corrected chi connectivity index (χ3v) is 2.22. The van der Waals surface area contributed by atoms with Gasteiger partial charge in [-0.15, -0.1) is 0 Å². The summed E-state index contributed by atoms with van der Waals surface area (Å²) in [7, 11) is 0. The number of para-hydroxylation sites is 1. The van der Waals surface area contributed by atoms with Crippen LogP contribution in [0.25, 0.3) is 10.9 Å². The maximum Gasteiger partial charge on any atom is 0.137 e. The minimum absolute atomic E-state index is 0.690. The Balaban J connectivity index is 2.26. The van der Waals surface area contributed by atoms with E-state index in [0.29, 0.717) is 6.54 Å². The van der Waals surface area contributed by atoms with Gasteiger partial charge in [0, 0.05) is 11.9 Å². The Labute approximate surface area is 88.5 Å². The number of nitrogens with zero attached hydrogens (tertiary/aromatic N) is 2. The molecule has 2 aromatic rings. The fourth-order valence-corrected chi connectivity index (χ4v) is 1.45. The van der Waals surface area contributed by atoms with Gasteiger partial charge < -0.3 is 11.1 Å². The Kier molecular flexibility index (Phi) is 3.09. The highest BCUT2D eigenvalue weighted by molar-refractivity contribution is 5.88. The van der Waals surface area contributed by atoms with Gasteiger partial charge in [0.05, 0.1) is 5.52 Å². The number of hydrogen-bond donors (Lipinski definition) is 2. The second-order valence-corrected chi connectivity index (χ2v) is 3.31. The van der Waals surface area contributed by atoms with E-state index in [0.717, 1.165) is 29.7 Å². The van der Waals surface area contributed by atoms with Crippen LogP contribution in [0.2, 0.25) is 0 Å².